The first-order valence-corrected chi connectivity index (χ1v) is 7.99. The summed E-state index contributed by atoms with van der Waals surface area (Å²) in [7, 11) is 0. The summed E-state index contributed by atoms with van der Waals surface area (Å²) in [5.41, 5.74) is 8.88. The number of hydrazone groups is 1. The third-order valence-corrected chi connectivity index (χ3v) is 4.01. The zero-order valence-corrected chi connectivity index (χ0v) is 14.0. The number of amides is 2. The van der Waals surface area contributed by atoms with E-state index in [2.05, 4.69) is 10.5 Å². The highest BCUT2D eigenvalue weighted by molar-refractivity contribution is 6.31. The number of hydrogen-bond acceptors (Lipinski definition) is 3. The molecule has 3 rings (SSSR count). The third kappa shape index (κ3) is 4.08. The molecular weight excluding hydrogens is 338 g/mol. The largest absolute Gasteiger partial charge is 0.488 e. The number of rotatable bonds is 5. The van der Waals surface area contributed by atoms with Crippen LogP contribution in [0.4, 0.5) is 4.79 Å². The van der Waals surface area contributed by atoms with Gasteiger partial charge in [0.05, 0.1) is 6.21 Å². The van der Waals surface area contributed by atoms with Crippen LogP contribution in [0, 0.1) is 0 Å². The van der Waals surface area contributed by atoms with Crippen molar-refractivity contribution in [1.82, 2.24) is 5.43 Å². The van der Waals surface area contributed by atoms with Gasteiger partial charge in [-0.3, -0.25) is 0 Å². The second-order valence-corrected chi connectivity index (χ2v) is 5.72. The molecule has 0 fully saturated rings. The van der Waals surface area contributed by atoms with Gasteiger partial charge >= 0.3 is 6.03 Å². The van der Waals surface area contributed by atoms with E-state index in [9.17, 15) is 4.79 Å². The summed E-state index contributed by atoms with van der Waals surface area (Å²) in [4.78, 5) is 10.8. The lowest BCUT2D eigenvalue weighted by molar-refractivity contribution is 0.249. The number of primary amides is 1. The van der Waals surface area contributed by atoms with Gasteiger partial charge in [-0.2, -0.15) is 5.10 Å². The molecule has 0 aromatic heterocycles. The predicted molar refractivity (Wildman–Crippen MR) is 100 cm³/mol. The van der Waals surface area contributed by atoms with Crippen molar-refractivity contribution >= 4 is 34.6 Å². The Labute approximate surface area is 150 Å². The van der Waals surface area contributed by atoms with Crippen molar-refractivity contribution in [2.24, 2.45) is 10.8 Å². The maximum atomic E-state index is 10.8. The van der Waals surface area contributed by atoms with Crippen LogP contribution in [-0.2, 0) is 6.61 Å². The van der Waals surface area contributed by atoms with Crippen LogP contribution in [0.3, 0.4) is 0 Å². The molecule has 0 radical (unpaired) electrons. The molecule has 126 valence electrons. The molecule has 3 aromatic carbocycles. The second-order valence-electron chi connectivity index (χ2n) is 5.31. The molecule has 0 aliphatic rings. The van der Waals surface area contributed by atoms with Crippen LogP contribution in [0.25, 0.3) is 10.8 Å². The molecule has 0 bridgehead atoms. The number of fused-ring (bicyclic) bond motifs is 1. The fourth-order valence-corrected chi connectivity index (χ4v) is 2.66. The molecule has 0 atom stereocenters. The van der Waals surface area contributed by atoms with Crippen LogP contribution in [0.15, 0.2) is 65.8 Å². The lowest BCUT2D eigenvalue weighted by atomic mass is 10.0. The number of carbonyl (C=O) groups excluding carboxylic acids is 1. The maximum Gasteiger partial charge on any atom is 0.332 e. The summed E-state index contributed by atoms with van der Waals surface area (Å²) in [5.74, 6) is 0.633. The van der Waals surface area contributed by atoms with E-state index in [1.165, 1.54) is 6.21 Å². The van der Waals surface area contributed by atoms with Crippen LogP contribution in [0.2, 0.25) is 5.02 Å². The van der Waals surface area contributed by atoms with Crippen LogP contribution >= 0.6 is 11.6 Å². The van der Waals surface area contributed by atoms with Gasteiger partial charge in [0.1, 0.15) is 12.4 Å². The third-order valence-electron chi connectivity index (χ3n) is 3.64. The Balaban J connectivity index is 1.94. The van der Waals surface area contributed by atoms with Gasteiger partial charge in [-0.05, 0) is 22.9 Å². The van der Waals surface area contributed by atoms with Gasteiger partial charge in [-0.15, -0.1) is 0 Å². The van der Waals surface area contributed by atoms with Gasteiger partial charge in [0.25, 0.3) is 0 Å². The van der Waals surface area contributed by atoms with Gasteiger partial charge in [-0.25, -0.2) is 10.2 Å². The number of urea groups is 1. The molecule has 2 amide bonds. The molecule has 0 aliphatic carbocycles. The van der Waals surface area contributed by atoms with Crippen molar-refractivity contribution in [2.45, 2.75) is 6.61 Å². The van der Waals surface area contributed by atoms with Gasteiger partial charge in [0.15, 0.2) is 0 Å². The van der Waals surface area contributed by atoms with Crippen LogP contribution in [0.5, 0.6) is 5.75 Å². The monoisotopic (exact) mass is 353 g/mol. The number of nitrogens with two attached hydrogens (primary N) is 1. The van der Waals surface area contributed by atoms with Crippen LogP contribution < -0.4 is 15.9 Å². The summed E-state index contributed by atoms with van der Waals surface area (Å²) in [6.45, 7) is 0.322. The minimum absolute atomic E-state index is 0.322. The zero-order valence-electron chi connectivity index (χ0n) is 13.3. The standard InChI is InChI=1S/C19H16ClN3O2/c20-17-8-4-2-6-14(17)12-25-18-10-9-13-5-1-3-7-15(13)16(18)11-22-23-19(21)24/h1-11H,12H2,(H3,21,23,24)/b22-11+. The highest BCUT2D eigenvalue weighted by Gasteiger charge is 2.08. The maximum absolute atomic E-state index is 10.8. The Morgan fingerprint density at radius 1 is 1.12 bits per heavy atom. The SMILES string of the molecule is NC(=O)N/N=C/c1c(OCc2ccccc2Cl)ccc2ccccc12. The lowest BCUT2D eigenvalue weighted by Crippen LogP contribution is -2.24. The smallest absolute Gasteiger partial charge is 0.332 e. The Morgan fingerprint density at radius 3 is 2.68 bits per heavy atom. The minimum Gasteiger partial charge on any atom is -0.488 e. The molecule has 25 heavy (non-hydrogen) atoms. The van der Waals surface area contributed by atoms with Crippen molar-refractivity contribution in [1.29, 1.82) is 0 Å². The van der Waals surface area contributed by atoms with Gasteiger partial charge in [0, 0.05) is 16.1 Å². The average Bonchev–Trinajstić information content (AvgIpc) is 2.61. The summed E-state index contributed by atoms with van der Waals surface area (Å²) in [6.07, 6.45) is 1.52. The molecule has 0 heterocycles. The highest BCUT2D eigenvalue weighted by Crippen LogP contribution is 2.28. The molecule has 0 saturated carbocycles. The summed E-state index contributed by atoms with van der Waals surface area (Å²) < 4.78 is 5.95. The van der Waals surface area contributed by atoms with E-state index in [0.29, 0.717) is 17.4 Å². The molecule has 3 aromatic rings. The van der Waals surface area contributed by atoms with Crippen molar-refractivity contribution in [3.63, 3.8) is 0 Å². The van der Waals surface area contributed by atoms with E-state index in [-0.39, 0.29) is 0 Å². The Kier molecular flexibility index (Phi) is 5.16. The fraction of sp³-hybridized carbons (Fsp3) is 0.0526. The van der Waals surface area contributed by atoms with E-state index >= 15 is 0 Å². The molecular formula is C19H16ClN3O2. The van der Waals surface area contributed by atoms with E-state index in [1.54, 1.807) is 0 Å². The van der Waals surface area contributed by atoms with Gasteiger partial charge in [0.2, 0.25) is 0 Å². The molecule has 0 aliphatic heterocycles. The van der Waals surface area contributed by atoms with Crippen molar-refractivity contribution in [3.8, 4) is 5.75 Å². The minimum atomic E-state index is -0.727. The number of halogens is 1. The number of hydrogen-bond donors (Lipinski definition) is 2. The van der Waals surface area contributed by atoms with E-state index in [1.807, 2.05) is 60.7 Å². The number of ether oxygens (including phenoxy) is 1. The number of carbonyl (C=O) groups is 1. The summed E-state index contributed by atoms with van der Waals surface area (Å²) in [6, 6.07) is 18.4. The van der Waals surface area contributed by atoms with E-state index < -0.39 is 6.03 Å². The molecule has 0 unspecified atom stereocenters. The molecule has 5 nitrogen and oxygen atoms in total. The molecule has 0 saturated heterocycles. The van der Waals surface area contributed by atoms with Gasteiger partial charge in [-0.1, -0.05) is 60.1 Å². The number of nitrogens with one attached hydrogen (secondary N) is 1. The highest BCUT2D eigenvalue weighted by atomic mass is 35.5. The second kappa shape index (κ2) is 7.68. The van der Waals surface area contributed by atoms with Crippen molar-refractivity contribution < 1.29 is 9.53 Å². The first-order chi connectivity index (χ1) is 12.1. The normalized spacial score (nSPS) is 10.9. The number of nitrogens with zero attached hydrogens (tertiary/aromatic N) is 1. The topological polar surface area (TPSA) is 76.7 Å². The zero-order chi connectivity index (χ0) is 17.6. The van der Waals surface area contributed by atoms with Crippen molar-refractivity contribution in [3.05, 3.63) is 76.8 Å². The van der Waals surface area contributed by atoms with Gasteiger partial charge < -0.3 is 10.5 Å². The lowest BCUT2D eigenvalue weighted by Gasteiger charge is -2.12. The van der Waals surface area contributed by atoms with E-state index in [4.69, 9.17) is 22.1 Å². The molecule has 0 spiro atoms. The Morgan fingerprint density at radius 2 is 1.88 bits per heavy atom. The first kappa shape index (κ1) is 16.8. The Bertz CT molecular complexity index is 941. The average molecular weight is 354 g/mol. The quantitative estimate of drug-likeness (QED) is 0.535. The van der Waals surface area contributed by atoms with Crippen LogP contribution in [0.1, 0.15) is 11.1 Å². The van der Waals surface area contributed by atoms with Crippen LogP contribution in [-0.4, -0.2) is 12.2 Å². The number of benzene rings is 3. The molecule has 6 heteroatoms. The van der Waals surface area contributed by atoms with E-state index in [0.717, 1.165) is 21.9 Å². The predicted octanol–water partition coefficient (Wildman–Crippen LogP) is 4.07. The molecule has 3 N–H and O–H groups in total. The van der Waals surface area contributed by atoms with Crippen molar-refractivity contribution in [2.75, 3.05) is 0 Å². The fourth-order valence-electron chi connectivity index (χ4n) is 2.47. The Hall–Kier alpha value is -3.05. The summed E-state index contributed by atoms with van der Waals surface area (Å²) >= 11 is 6.18. The first-order valence-electron chi connectivity index (χ1n) is 7.61. The summed E-state index contributed by atoms with van der Waals surface area (Å²) in [5, 5.41) is 6.50.